The molecule has 0 unspecified atom stereocenters. The number of nitriles is 1. The van der Waals surface area contributed by atoms with Crippen LogP contribution >= 0.6 is 0 Å². The molecular weight excluding hydrogens is 246 g/mol. The van der Waals surface area contributed by atoms with E-state index in [1.54, 1.807) is 32.0 Å². The SMILES string of the molecule is CCOC(=O)[C@@H](C)Oc1ccc(C#N)cc1OCC. The van der Waals surface area contributed by atoms with Gasteiger partial charge in [0.15, 0.2) is 17.6 Å². The van der Waals surface area contributed by atoms with Crippen molar-refractivity contribution in [2.24, 2.45) is 0 Å². The zero-order valence-corrected chi connectivity index (χ0v) is 11.3. The van der Waals surface area contributed by atoms with Gasteiger partial charge in [0.1, 0.15) is 0 Å². The summed E-state index contributed by atoms with van der Waals surface area (Å²) in [6, 6.07) is 6.82. The number of rotatable bonds is 6. The summed E-state index contributed by atoms with van der Waals surface area (Å²) < 4.78 is 15.8. The van der Waals surface area contributed by atoms with Crippen molar-refractivity contribution < 1.29 is 19.0 Å². The van der Waals surface area contributed by atoms with Gasteiger partial charge in [0.05, 0.1) is 24.8 Å². The van der Waals surface area contributed by atoms with E-state index in [0.717, 1.165) is 0 Å². The Morgan fingerprint density at radius 3 is 2.63 bits per heavy atom. The lowest BCUT2D eigenvalue weighted by Crippen LogP contribution is -2.26. The first-order valence-corrected chi connectivity index (χ1v) is 6.12. The standard InChI is InChI=1S/C14H17NO4/c1-4-17-13-8-11(9-15)6-7-12(13)19-10(3)14(16)18-5-2/h6-8,10H,4-5H2,1-3H3/t10-/m1/s1. The molecule has 1 aromatic rings. The third kappa shape index (κ3) is 4.18. The van der Waals surface area contributed by atoms with E-state index < -0.39 is 12.1 Å². The predicted molar refractivity (Wildman–Crippen MR) is 69.0 cm³/mol. The van der Waals surface area contributed by atoms with Crippen LogP contribution in [0.1, 0.15) is 26.3 Å². The van der Waals surface area contributed by atoms with Gasteiger partial charge in [0.2, 0.25) is 0 Å². The van der Waals surface area contributed by atoms with Gasteiger partial charge in [-0.15, -0.1) is 0 Å². The van der Waals surface area contributed by atoms with Crippen molar-refractivity contribution in [1.29, 1.82) is 5.26 Å². The summed E-state index contributed by atoms with van der Waals surface area (Å²) in [4.78, 5) is 11.5. The maximum atomic E-state index is 11.5. The van der Waals surface area contributed by atoms with Crippen LogP contribution in [0.2, 0.25) is 0 Å². The zero-order valence-electron chi connectivity index (χ0n) is 11.3. The van der Waals surface area contributed by atoms with Crippen molar-refractivity contribution in [3.8, 4) is 17.6 Å². The van der Waals surface area contributed by atoms with E-state index in [2.05, 4.69) is 0 Å². The molecule has 0 saturated heterocycles. The van der Waals surface area contributed by atoms with Gasteiger partial charge in [-0.05, 0) is 32.9 Å². The molecule has 102 valence electrons. The summed E-state index contributed by atoms with van der Waals surface area (Å²) in [6.45, 7) is 5.92. The lowest BCUT2D eigenvalue weighted by molar-refractivity contribution is -0.150. The summed E-state index contributed by atoms with van der Waals surface area (Å²) in [5, 5.41) is 8.84. The number of esters is 1. The van der Waals surface area contributed by atoms with Gasteiger partial charge >= 0.3 is 5.97 Å². The summed E-state index contributed by atoms with van der Waals surface area (Å²) in [7, 11) is 0. The van der Waals surface area contributed by atoms with Crippen LogP contribution in [0.4, 0.5) is 0 Å². The van der Waals surface area contributed by atoms with Crippen LogP contribution in [-0.2, 0) is 9.53 Å². The Bertz CT molecular complexity index is 479. The number of hydrogen-bond acceptors (Lipinski definition) is 5. The van der Waals surface area contributed by atoms with Crippen LogP contribution in [0.5, 0.6) is 11.5 Å². The van der Waals surface area contributed by atoms with E-state index >= 15 is 0 Å². The molecule has 5 heteroatoms. The Labute approximate surface area is 112 Å². The maximum Gasteiger partial charge on any atom is 0.347 e. The minimum Gasteiger partial charge on any atom is -0.490 e. The van der Waals surface area contributed by atoms with Crippen LogP contribution in [0.3, 0.4) is 0 Å². The minimum atomic E-state index is -0.730. The summed E-state index contributed by atoms with van der Waals surface area (Å²) in [6.07, 6.45) is -0.730. The first-order valence-electron chi connectivity index (χ1n) is 6.12. The average molecular weight is 263 g/mol. The van der Waals surface area contributed by atoms with Crippen molar-refractivity contribution in [3.05, 3.63) is 23.8 Å². The minimum absolute atomic E-state index is 0.304. The predicted octanol–water partition coefficient (Wildman–Crippen LogP) is 2.29. The highest BCUT2D eigenvalue weighted by Gasteiger charge is 2.18. The second-order valence-corrected chi connectivity index (χ2v) is 3.72. The van der Waals surface area contributed by atoms with Crippen LogP contribution in [-0.4, -0.2) is 25.3 Å². The smallest absolute Gasteiger partial charge is 0.347 e. The molecule has 0 N–H and O–H groups in total. The first kappa shape index (κ1) is 14.8. The van der Waals surface area contributed by atoms with Gasteiger partial charge in [0, 0.05) is 6.07 Å². The molecule has 1 aromatic carbocycles. The topological polar surface area (TPSA) is 68.5 Å². The largest absolute Gasteiger partial charge is 0.490 e. The Balaban J connectivity index is 2.88. The van der Waals surface area contributed by atoms with Gasteiger partial charge in [-0.1, -0.05) is 0 Å². The Hall–Kier alpha value is -2.22. The monoisotopic (exact) mass is 263 g/mol. The second kappa shape index (κ2) is 7.27. The van der Waals surface area contributed by atoms with Crippen LogP contribution in [0.15, 0.2) is 18.2 Å². The molecule has 0 aliphatic carbocycles. The number of nitrogens with zero attached hydrogens (tertiary/aromatic N) is 1. The molecule has 0 saturated carbocycles. The molecule has 0 heterocycles. The lowest BCUT2D eigenvalue weighted by Gasteiger charge is -2.16. The lowest BCUT2D eigenvalue weighted by atomic mass is 10.2. The highest BCUT2D eigenvalue weighted by molar-refractivity contribution is 5.74. The van der Waals surface area contributed by atoms with Crippen molar-refractivity contribution in [2.75, 3.05) is 13.2 Å². The van der Waals surface area contributed by atoms with E-state index in [-0.39, 0.29) is 0 Å². The number of hydrogen-bond donors (Lipinski definition) is 0. The average Bonchev–Trinajstić information content (AvgIpc) is 2.41. The third-order valence-electron chi connectivity index (χ3n) is 2.29. The van der Waals surface area contributed by atoms with Crippen molar-refractivity contribution in [2.45, 2.75) is 26.9 Å². The molecule has 1 rings (SSSR count). The quantitative estimate of drug-likeness (QED) is 0.736. The highest BCUT2D eigenvalue weighted by atomic mass is 16.6. The Morgan fingerprint density at radius 1 is 1.32 bits per heavy atom. The van der Waals surface area contributed by atoms with Crippen LogP contribution in [0, 0.1) is 11.3 Å². The molecule has 0 fully saturated rings. The fourth-order valence-electron chi connectivity index (χ4n) is 1.44. The molecule has 19 heavy (non-hydrogen) atoms. The van der Waals surface area contributed by atoms with Gasteiger partial charge in [-0.3, -0.25) is 0 Å². The van der Waals surface area contributed by atoms with Crippen molar-refractivity contribution in [3.63, 3.8) is 0 Å². The van der Waals surface area contributed by atoms with Gasteiger partial charge in [0.25, 0.3) is 0 Å². The number of ether oxygens (including phenoxy) is 3. The van der Waals surface area contributed by atoms with Gasteiger partial charge in [-0.25, -0.2) is 4.79 Å². The molecule has 0 aliphatic rings. The Morgan fingerprint density at radius 2 is 2.05 bits per heavy atom. The van der Waals surface area contributed by atoms with Crippen LogP contribution in [0.25, 0.3) is 0 Å². The van der Waals surface area contributed by atoms with E-state index in [9.17, 15) is 4.79 Å². The molecular formula is C14H17NO4. The number of carbonyl (C=O) groups excluding carboxylic acids is 1. The maximum absolute atomic E-state index is 11.5. The number of benzene rings is 1. The molecule has 1 atom stereocenters. The number of carbonyl (C=O) groups is 1. The van der Waals surface area contributed by atoms with Crippen molar-refractivity contribution in [1.82, 2.24) is 0 Å². The first-order chi connectivity index (χ1) is 9.12. The summed E-state index contributed by atoms with van der Waals surface area (Å²) in [5.41, 5.74) is 0.472. The van der Waals surface area contributed by atoms with E-state index in [0.29, 0.717) is 30.3 Å². The van der Waals surface area contributed by atoms with Gasteiger partial charge in [-0.2, -0.15) is 5.26 Å². The fraction of sp³-hybridized carbons (Fsp3) is 0.429. The van der Waals surface area contributed by atoms with E-state index in [4.69, 9.17) is 19.5 Å². The molecule has 0 radical (unpaired) electrons. The van der Waals surface area contributed by atoms with E-state index in [1.807, 2.05) is 13.0 Å². The molecule has 0 amide bonds. The van der Waals surface area contributed by atoms with E-state index in [1.165, 1.54) is 0 Å². The zero-order chi connectivity index (χ0) is 14.3. The van der Waals surface area contributed by atoms with Crippen LogP contribution < -0.4 is 9.47 Å². The summed E-state index contributed by atoms with van der Waals surface area (Å²) >= 11 is 0. The normalized spacial score (nSPS) is 11.3. The molecule has 5 nitrogen and oxygen atoms in total. The Kier molecular flexibility index (Phi) is 5.68. The highest BCUT2D eigenvalue weighted by Crippen LogP contribution is 2.29. The molecule has 0 aromatic heterocycles. The van der Waals surface area contributed by atoms with Crippen molar-refractivity contribution >= 4 is 5.97 Å². The molecule has 0 spiro atoms. The van der Waals surface area contributed by atoms with Gasteiger partial charge < -0.3 is 14.2 Å². The summed E-state index contributed by atoms with van der Waals surface area (Å²) in [5.74, 6) is 0.424. The molecule has 0 bridgehead atoms. The second-order valence-electron chi connectivity index (χ2n) is 3.72. The third-order valence-corrected chi connectivity index (χ3v) is 2.29. The fourth-order valence-corrected chi connectivity index (χ4v) is 1.44. The molecule has 0 aliphatic heterocycles.